The Labute approximate surface area is 193 Å². The molecule has 0 saturated heterocycles. The van der Waals surface area contributed by atoms with Crippen molar-refractivity contribution in [3.8, 4) is 22.6 Å². The van der Waals surface area contributed by atoms with Gasteiger partial charge in [-0.1, -0.05) is 48.5 Å². The van der Waals surface area contributed by atoms with Crippen LogP contribution in [0.5, 0.6) is 11.5 Å². The lowest BCUT2D eigenvalue weighted by Crippen LogP contribution is -2.24. The van der Waals surface area contributed by atoms with Gasteiger partial charge < -0.3 is 19.2 Å². The number of para-hydroxylation sites is 1. The third-order valence-corrected chi connectivity index (χ3v) is 5.72. The number of carbonyl (C=O) groups excluding carboxylic acids is 1. The molecular formula is C28H27NO4. The second-order valence-corrected chi connectivity index (χ2v) is 7.87. The Morgan fingerprint density at radius 1 is 0.939 bits per heavy atom. The maximum absolute atomic E-state index is 12.7. The standard InChI is InChI=1S/C28H27NO4/c1-18(14-28(30)29-19(2)20-10-6-5-7-11-20)22-15-23-24(17-33-27(23)16-26(22)32-4)21-12-8-9-13-25(21)31-3/h5-17,19H,1-4H3,(H,29,30)/b18-14+. The Morgan fingerprint density at radius 2 is 1.64 bits per heavy atom. The van der Waals surface area contributed by atoms with Crippen LogP contribution >= 0.6 is 0 Å². The quantitative estimate of drug-likeness (QED) is 0.337. The summed E-state index contributed by atoms with van der Waals surface area (Å²) in [4.78, 5) is 12.7. The first-order valence-corrected chi connectivity index (χ1v) is 10.8. The van der Waals surface area contributed by atoms with E-state index in [4.69, 9.17) is 13.9 Å². The number of fused-ring (bicyclic) bond motifs is 1. The van der Waals surface area contributed by atoms with Crippen molar-refractivity contribution < 1.29 is 18.7 Å². The number of allylic oxidation sites excluding steroid dienone is 1. The number of methoxy groups -OCH3 is 2. The highest BCUT2D eigenvalue weighted by atomic mass is 16.5. The second-order valence-electron chi connectivity index (χ2n) is 7.87. The van der Waals surface area contributed by atoms with E-state index in [2.05, 4.69) is 5.32 Å². The highest BCUT2D eigenvalue weighted by Crippen LogP contribution is 2.40. The number of nitrogens with one attached hydrogen (secondary N) is 1. The van der Waals surface area contributed by atoms with Gasteiger partial charge in [-0.25, -0.2) is 0 Å². The molecule has 0 saturated carbocycles. The number of rotatable bonds is 7. The van der Waals surface area contributed by atoms with Crippen LogP contribution in [0.25, 0.3) is 27.7 Å². The molecule has 0 spiro atoms. The lowest BCUT2D eigenvalue weighted by Gasteiger charge is -2.14. The molecule has 0 aliphatic carbocycles. The third kappa shape index (κ3) is 4.62. The van der Waals surface area contributed by atoms with Gasteiger partial charge in [0.05, 0.1) is 26.5 Å². The zero-order chi connectivity index (χ0) is 23.4. The van der Waals surface area contributed by atoms with Gasteiger partial charge in [0.15, 0.2) is 0 Å². The van der Waals surface area contributed by atoms with Crippen LogP contribution < -0.4 is 14.8 Å². The fourth-order valence-corrected chi connectivity index (χ4v) is 3.96. The average Bonchev–Trinajstić information content (AvgIpc) is 3.26. The van der Waals surface area contributed by atoms with Crippen LogP contribution in [0, 0.1) is 0 Å². The van der Waals surface area contributed by atoms with E-state index in [-0.39, 0.29) is 11.9 Å². The molecule has 0 bridgehead atoms. The Bertz CT molecular complexity index is 1300. The summed E-state index contributed by atoms with van der Waals surface area (Å²) in [6, 6.07) is 21.4. The van der Waals surface area contributed by atoms with E-state index in [0.717, 1.165) is 39.0 Å². The van der Waals surface area contributed by atoms with Crippen LogP contribution in [0.2, 0.25) is 0 Å². The Balaban J connectivity index is 1.69. The zero-order valence-corrected chi connectivity index (χ0v) is 19.2. The summed E-state index contributed by atoms with van der Waals surface area (Å²) in [5, 5.41) is 3.95. The molecule has 0 aliphatic heterocycles. The van der Waals surface area contributed by atoms with Gasteiger partial charge in [0.25, 0.3) is 0 Å². The van der Waals surface area contributed by atoms with Gasteiger partial charge in [-0.3, -0.25) is 4.79 Å². The molecule has 1 atom stereocenters. The molecule has 1 N–H and O–H groups in total. The summed E-state index contributed by atoms with van der Waals surface area (Å²) >= 11 is 0. The van der Waals surface area contributed by atoms with Gasteiger partial charge >= 0.3 is 0 Å². The Hall–Kier alpha value is -3.99. The van der Waals surface area contributed by atoms with E-state index in [0.29, 0.717) is 11.3 Å². The maximum Gasteiger partial charge on any atom is 0.244 e. The second kappa shape index (κ2) is 9.65. The highest BCUT2D eigenvalue weighted by Gasteiger charge is 2.17. The topological polar surface area (TPSA) is 60.7 Å². The van der Waals surface area contributed by atoms with Gasteiger partial charge in [-0.2, -0.15) is 0 Å². The van der Waals surface area contributed by atoms with Crippen molar-refractivity contribution in [2.75, 3.05) is 14.2 Å². The van der Waals surface area contributed by atoms with Crippen molar-refractivity contribution >= 4 is 22.4 Å². The maximum atomic E-state index is 12.7. The third-order valence-electron chi connectivity index (χ3n) is 5.72. The number of furan rings is 1. The zero-order valence-electron chi connectivity index (χ0n) is 19.2. The minimum atomic E-state index is -0.164. The SMILES string of the molecule is COc1cc2occ(-c3ccccc3OC)c2cc1/C(C)=C/C(=O)NC(C)c1ccccc1. The molecule has 1 heterocycles. The Kier molecular flexibility index (Phi) is 6.50. The smallest absolute Gasteiger partial charge is 0.244 e. The van der Waals surface area contributed by atoms with Crippen LogP contribution in [-0.2, 0) is 4.79 Å². The predicted molar refractivity (Wildman–Crippen MR) is 131 cm³/mol. The number of carbonyl (C=O) groups is 1. The first-order chi connectivity index (χ1) is 16.0. The van der Waals surface area contributed by atoms with Crippen molar-refractivity contribution in [2.24, 2.45) is 0 Å². The normalized spacial score (nSPS) is 12.4. The van der Waals surface area contributed by atoms with E-state index in [1.54, 1.807) is 26.6 Å². The number of benzene rings is 3. The number of ether oxygens (including phenoxy) is 2. The van der Waals surface area contributed by atoms with Crippen LogP contribution in [0.15, 0.2) is 83.5 Å². The minimum absolute atomic E-state index is 0.0989. The first kappa shape index (κ1) is 22.2. The van der Waals surface area contributed by atoms with E-state index < -0.39 is 0 Å². The molecule has 4 rings (SSSR count). The molecule has 168 valence electrons. The summed E-state index contributed by atoms with van der Waals surface area (Å²) in [5.41, 5.74) is 5.22. The van der Waals surface area contributed by atoms with Crippen LogP contribution in [0.1, 0.15) is 31.0 Å². The highest BCUT2D eigenvalue weighted by molar-refractivity contribution is 6.01. The lowest BCUT2D eigenvalue weighted by molar-refractivity contribution is -0.117. The van der Waals surface area contributed by atoms with Crippen molar-refractivity contribution in [1.82, 2.24) is 5.32 Å². The first-order valence-electron chi connectivity index (χ1n) is 10.8. The summed E-state index contributed by atoms with van der Waals surface area (Å²) in [7, 11) is 3.26. The van der Waals surface area contributed by atoms with Gasteiger partial charge in [0.2, 0.25) is 5.91 Å². The number of hydrogen-bond donors (Lipinski definition) is 1. The monoisotopic (exact) mass is 441 g/mol. The molecule has 0 aliphatic rings. The van der Waals surface area contributed by atoms with Crippen molar-refractivity contribution in [1.29, 1.82) is 0 Å². The van der Waals surface area contributed by atoms with Crippen molar-refractivity contribution in [3.63, 3.8) is 0 Å². The van der Waals surface area contributed by atoms with E-state index in [1.807, 2.05) is 80.6 Å². The molecule has 5 heteroatoms. The number of hydrogen-bond acceptors (Lipinski definition) is 4. The number of amides is 1. The summed E-state index contributed by atoms with van der Waals surface area (Å²) in [6.45, 7) is 3.87. The largest absolute Gasteiger partial charge is 0.496 e. The van der Waals surface area contributed by atoms with Gasteiger partial charge in [-0.15, -0.1) is 0 Å². The van der Waals surface area contributed by atoms with E-state index >= 15 is 0 Å². The average molecular weight is 442 g/mol. The van der Waals surface area contributed by atoms with Crippen LogP contribution in [0.3, 0.4) is 0 Å². The van der Waals surface area contributed by atoms with Crippen LogP contribution in [0.4, 0.5) is 0 Å². The van der Waals surface area contributed by atoms with E-state index in [9.17, 15) is 4.79 Å². The van der Waals surface area contributed by atoms with Crippen LogP contribution in [-0.4, -0.2) is 20.1 Å². The molecule has 4 aromatic rings. The molecule has 0 fully saturated rings. The molecule has 1 amide bonds. The van der Waals surface area contributed by atoms with Gasteiger partial charge in [-0.05, 0) is 37.1 Å². The molecular weight excluding hydrogens is 414 g/mol. The summed E-state index contributed by atoms with van der Waals surface area (Å²) in [6.07, 6.45) is 3.32. The summed E-state index contributed by atoms with van der Waals surface area (Å²) < 4.78 is 17.0. The molecule has 3 aromatic carbocycles. The molecule has 1 unspecified atom stereocenters. The van der Waals surface area contributed by atoms with E-state index in [1.165, 1.54) is 0 Å². The molecule has 5 nitrogen and oxygen atoms in total. The fourth-order valence-electron chi connectivity index (χ4n) is 3.96. The molecule has 0 radical (unpaired) electrons. The fraction of sp³-hybridized carbons (Fsp3) is 0.179. The van der Waals surface area contributed by atoms with Gasteiger partial charge in [0, 0.05) is 34.2 Å². The Morgan fingerprint density at radius 3 is 2.36 bits per heavy atom. The lowest BCUT2D eigenvalue weighted by atomic mass is 9.98. The minimum Gasteiger partial charge on any atom is -0.496 e. The van der Waals surface area contributed by atoms with Crippen molar-refractivity contribution in [3.05, 3.63) is 90.2 Å². The van der Waals surface area contributed by atoms with Crippen molar-refractivity contribution in [2.45, 2.75) is 19.9 Å². The van der Waals surface area contributed by atoms with Gasteiger partial charge in [0.1, 0.15) is 17.1 Å². The summed E-state index contributed by atoms with van der Waals surface area (Å²) in [5.74, 6) is 1.24. The predicted octanol–water partition coefficient (Wildman–Crippen LogP) is 6.40. The molecule has 33 heavy (non-hydrogen) atoms. The molecule has 1 aromatic heterocycles.